The lowest BCUT2D eigenvalue weighted by atomic mass is 10.2. The van der Waals surface area contributed by atoms with Crippen LogP contribution in [0.5, 0.6) is 0 Å². The van der Waals surface area contributed by atoms with Crippen molar-refractivity contribution in [2.45, 2.75) is 46.2 Å². The highest BCUT2D eigenvalue weighted by Gasteiger charge is 2.12. The molecule has 0 heterocycles. The van der Waals surface area contributed by atoms with Crippen LogP contribution in [-0.2, 0) is 16.1 Å². The van der Waals surface area contributed by atoms with E-state index in [-0.39, 0.29) is 17.9 Å². The predicted octanol–water partition coefficient (Wildman–Crippen LogP) is 2.99. The van der Waals surface area contributed by atoms with Crippen LogP contribution in [0.2, 0.25) is 5.02 Å². The third-order valence-corrected chi connectivity index (χ3v) is 3.61. The Labute approximate surface area is 131 Å². The molecule has 4 nitrogen and oxygen atoms in total. The van der Waals surface area contributed by atoms with E-state index in [1.807, 2.05) is 26.0 Å². The Kier molecular flexibility index (Phi) is 7.23. The maximum Gasteiger partial charge on any atom is 0.221 e. The summed E-state index contributed by atoms with van der Waals surface area (Å²) in [6.45, 7) is 6.41. The summed E-state index contributed by atoms with van der Waals surface area (Å²) in [7, 11) is 0. The van der Waals surface area contributed by atoms with E-state index in [2.05, 4.69) is 5.32 Å². The molecule has 0 saturated heterocycles. The molecule has 1 aromatic rings. The van der Waals surface area contributed by atoms with Gasteiger partial charge in [-0.15, -0.1) is 0 Å². The van der Waals surface area contributed by atoms with Crippen LogP contribution in [0, 0.1) is 0 Å². The van der Waals surface area contributed by atoms with Crippen LogP contribution < -0.4 is 5.32 Å². The molecule has 1 rings (SSSR count). The van der Waals surface area contributed by atoms with E-state index in [0.717, 1.165) is 12.0 Å². The first-order valence-electron chi connectivity index (χ1n) is 7.21. The van der Waals surface area contributed by atoms with Crippen LogP contribution in [0.3, 0.4) is 0 Å². The van der Waals surface area contributed by atoms with Gasteiger partial charge in [0, 0.05) is 37.5 Å². The topological polar surface area (TPSA) is 49.4 Å². The molecule has 2 amide bonds. The van der Waals surface area contributed by atoms with Crippen molar-refractivity contribution >= 4 is 23.4 Å². The molecule has 0 fully saturated rings. The van der Waals surface area contributed by atoms with Gasteiger partial charge in [-0.05, 0) is 31.0 Å². The minimum absolute atomic E-state index is 0.0216. The van der Waals surface area contributed by atoms with Gasteiger partial charge in [0.1, 0.15) is 0 Å². The van der Waals surface area contributed by atoms with Crippen LogP contribution in [0.15, 0.2) is 24.3 Å². The van der Waals surface area contributed by atoms with Crippen LogP contribution in [0.4, 0.5) is 0 Å². The van der Waals surface area contributed by atoms with E-state index in [1.165, 1.54) is 6.92 Å². The summed E-state index contributed by atoms with van der Waals surface area (Å²) < 4.78 is 0. The quantitative estimate of drug-likeness (QED) is 0.841. The second-order valence-electron chi connectivity index (χ2n) is 5.19. The second kappa shape index (κ2) is 8.67. The summed E-state index contributed by atoms with van der Waals surface area (Å²) in [6, 6.07) is 7.53. The van der Waals surface area contributed by atoms with E-state index in [4.69, 9.17) is 11.6 Å². The Hall–Kier alpha value is -1.55. The van der Waals surface area contributed by atoms with Crippen LogP contribution in [-0.4, -0.2) is 29.3 Å². The zero-order valence-corrected chi connectivity index (χ0v) is 13.6. The SMILES string of the molecule is CCC(C)NC(=O)CCN(Cc1ccc(Cl)cc1)C(C)=O. The third kappa shape index (κ3) is 6.63. The molecule has 0 aliphatic rings. The molecule has 1 aromatic carbocycles. The van der Waals surface area contributed by atoms with Crippen LogP contribution in [0.25, 0.3) is 0 Å². The molecule has 0 spiro atoms. The van der Waals surface area contributed by atoms with Crippen LogP contribution >= 0.6 is 11.6 Å². The summed E-state index contributed by atoms with van der Waals surface area (Å²) in [6.07, 6.45) is 1.21. The molecule has 0 aromatic heterocycles. The Morgan fingerprint density at radius 3 is 2.43 bits per heavy atom. The monoisotopic (exact) mass is 310 g/mol. The Morgan fingerprint density at radius 1 is 1.29 bits per heavy atom. The van der Waals surface area contributed by atoms with E-state index in [1.54, 1.807) is 17.0 Å². The van der Waals surface area contributed by atoms with Gasteiger partial charge in [-0.25, -0.2) is 0 Å². The number of hydrogen-bond acceptors (Lipinski definition) is 2. The van der Waals surface area contributed by atoms with Gasteiger partial charge in [0.15, 0.2) is 0 Å². The molecule has 116 valence electrons. The van der Waals surface area contributed by atoms with E-state index in [9.17, 15) is 9.59 Å². The van der Waals surface area contributed by atoms with Crippen molar-refractivity contribution in [2.24, 2.45) is 0 Å². The largest absolute Gasteiger partial charge is 0.354 e. The lowest BCUT2D eigenvalue weighted by Gasteiger charge is -2.21. The highest BCUT2D eigenvalue weighted by molar-refractivity contribution is 6.30. The van der Waals surface area contributed by atoms with Crippen molar-refractivity contribution in [3.05, 3.63) is 34.9 Å². The first-order chi connectivity index (χ1) is 9.92. The van der Waals surface area contributed by atoms with Crippen molar-refractivity contribution in [3.8, 4) is 0 Å². The second-order valence-corrected chi connectivity index (χ2v) is 5.63. The zero-order valence-electron chi connectivity index (χ0n) is 12.9. The number of carbonyl (C=O) groups excluding carboxylic acids is 2. The Morgan fingerprint density at radius 2 is 1.90 bits per heavy atom. The molecule has 0 aliphatic carbocycles. The predicted molar refractivity (Wildman–Crippen MR) is 85.1 cm³/mol. The maximum atomic E-state index is 11.8. The van der Waals surface area contributed by atoms with Crippen LogP contribution in [0.1, 0.15) is 39.2 Å². The van der Waals surface area contributed by atoms with Crippen molar-refractivity contribution in [3.63, 3.8) is 0 Å². The number of hydrogen-bond donors (Lipinski definition) is 1. The smallest absolute Gasteiger partial charge is 0.221 e. The molecular weight excluding hydrogens is 288 g/mol. The minimum Gasteiger partial charge on any atom is -0.354 e. The van der Waals surface area contributed by atoms with Crippen molar-refractivity contribution < 1.29 is 9.59 Å². The molecule has 0 radical (unpaired) electrons. The van der Waals surface area contributed by atoms with Crippen molar-refractivity contribution in [1.82, 2.24) is 10.2 Å². The summed E-state index contributed by atoms with van der Waals surface area (Å²) in [5.41, 5.74) is 0.997. The molecule has 5 heteroatoms. The zero-order chi connectivity index (χ0) is 15.8. The molecule has 21 heavy (non-hydrogen) atoms. The van der Waals surface area contributed by atoms with E-state index < -0.39 is 0 Å². The van der Waals surface area contributed by atoms with Gasteiger partial charge in [-0.3, -0.25) is 9.59 Å². The lowest BCUT2D eigenvalue weighted by molar-refractivity contribution is -0.130. The highest BCUT2D eigenvalue weighted by atomic mass is 35.5. The number of rotatable bonds is 7. The highest BCUT2D eigenvalue weighted by Crippen LogP contribution is 2.12. The molecule has 0 saturated carbocycles. The Bertz CT molecular complexity index is 474. The van der Waals surface area contributed by atoms with Gasteiger partial charge in [0.05, 0.1) is 0 Å². The average Bonchev–Trinajstić information content (AvgIpc) is 2.44. The Balaban J connectivity index is 2.52. The normalized spacial score (nSPS) is 11.8. The first-order valence-corrected chi connectivity index (χ1v) is 7.59. The molecular formula is C16H23ClN2O2. The van der Waals surface area contributed by atoms with Crippen molar-refractivity contribution in [2.75, 3.05) is 6.54 Å². The maximum absolute atomic E-state index is 11.8. The lowest BCUT2D eigenvalue weighted by Crippen LogP contribution is -2.36. The average molecular weight is 311 g/mol. The summed E-state index contributed by atoms with van der Waals surface area (Å²) in [5, 5.41) is 3.57. The molecule has 1 N–H and O–H groups in total. The van der Waals surface area contributed by atoms with Gasteiger partial charge in [0.25, 0.3) is 0 Å². The number of amides is 2. The fourth-order valence-corrected chi connectivity index (χ4v) is 1.97. The summed E-state index contributed by atoms with van der Waals surface area (Å²) in [4.78, 5) is 25.1. The van der Waals surface area contributed by atoms with E-state index in [0.29, 0.717) is 24.5 Å². The van der Waals surface area contributed by atoms with Gasteiger partial charge in [-0.1, -0.05) is 30.7 Å². The number of nitrogens with one attached hydrogen (secondary N) is 1. The molecule has 1 unspecified atom stereocenters. The van der Waals surface area contributed by atoms with Gasteiger partial charge >= 0.3 is 0 Å². The molecule has 1 atom stereocenters. The van der Waals surface area contributed by atoms with Crippen molar-refractivity contribution in [1.29, 1.82) is 0 Å². The number of nitrogens with zero attached hydrogens (tertiary/aromatic N) is 1. The number of halogens is 1. The fraction of sp³-hybridized carbons (Fsp3) is 0.500. The fourth-order valence-electron chi connectivity index (χ4n) is 1.84. The van der Waals surface area contributed by atoms with E-state index >= 15 is 0 Å². The number of carbonyl (C=O) groups is 2. The minimum atomic E-state index is -0.0405. The molecule has 0 bridgehead atoms. The standard InChI is InChI=1S/C16H23ClN2O2/c1-4-12(2)18-16(21)9-10-19(13(3)20)11-14-5-7-15(17)8-6-14/h5-8,12H,4,9-11H2,1-3H3,(H,18,21). The first kappa shape index (κ1) is 17.5. The van der Waals surface area contributed by atoms with Gasteiger partial charge in [-0.2, -0.15) is 0 Å². The van der Waals surface area contributed by atoms with Gasteiger partial charge in [0.2, 0.25) is 11.8 Å². The third-order valence-electron chi connectivity index (χ3n) is 3.36. The summed E-state index contributed by atoms with van der Waals surface area (Å²) in [5.74, 6) is -0.0620. The van der Waals surface area contributed by atoms with Gasteiger partial charge < -0.3 is 10.2 Å². The number of benzene rings is 1. The molecule has 0 aliphatic heterocycles. The summed E-state index contributed by atoms with van der Waals surface area (Å²) >= 11 is 5.84.